The minimum Gasteiger partial charge on any atom is -0.356 e. The number of hydrogen-bond donors (Lipinski definition) is 1. The first-order valence-electron chi connectivity index (χ1n) is 11.0. The van der Waals surface area contributed by atoms with E-state index >= 15 is 0 Å². The molecule has 4 rings (SSSR count). The number of hydrogen-bond acceptors (Lipinski definition) is 4. The van der Waals surface area contributed by atoms with Gasteiger partial charge in [0.25, 0.3) is 11.8 Å². The van der Waals surface area contributed by atoms with Crippen LogP contribution in [0.3, 0.4) is 0 Å². The molecule has 2 heterocycles. The fourth-order valence-electron chi connectivity index (χ4n) is 4.02. The summed E-state index contributed by atoms with van der Waals surface area (Å²) in [4.78, 5) is 27.6. The zero-order valence-corrected chi connectivity index (χ0v) is 19.1. The maximum absolute atomic E-state index is 13.3. The standard InChI is InChI=1S/C26H28N4O3/c1-18-22-12-11-20(17-24(22)33-28-18)26(32)30(3)21(16-19-8-5-4-6-9-19)13-14-27-25(31)23-10-7-15-29(23)2/h4-12,15,17,21H,13-14,16H2,1-3H3,(H,27,31)/t21-/m1/s1. The SMILES string of the molecule is Cc1noc2cc(C(=O)N(C)[C@H](CCNC(=O)c3cccn3C)Cc3ccccc3)ccc12. The maximum atomic E-state index is 13.3. The number of amides is 2. The fraction of sp³-hybridized carbons (Fsp3) is 0.269. The van der Waals surface area contributed by atoms with Crippen LogP contribution in [-0.4, -0.2) is 46.1 Å². The fourth-order valence-corrected chi connectivity index (χ4v) is 4.02. The van der Waals surface area contributed by atoms with Crippen LogP contribution in [0, 0.1) is 6.92 Å². The van der Waals surface area contributed by atoms with Crippen LogP contribution in [0.2, 0.25) is 0 Å². The van der Waals surface area contributed by atoms with Gasteiger partial charge in [-0.25, -0.2) is 0 Å². The lowest BCUT2D eigenvalue weighted by molar-refractivity contribution is 0.0722. The molecular weight excluding hydrogens is 416 g/mol. The van der Waals surface area contributed by atoms with Crippen LogP contribution in [0.1, 0.15) is 38.5 Å². The summed E-state index contributed by atoms with van der Waals surface area (Å²) in [5.41, 5.74) is 3.69. The molecular formula is C26H28N4O3. The Hall–Kier alpha value is -3.87. The third-order valence-electron chi connectivity index (χ3n) is 6.02. The lowest BCUT2D eigenvalue weighted by atomic mass is 10.0. The van der Waals surface area contributed by atoms with Gasteiger partial charge in [0.15, 0.2) is 5.58 Å². The summed E-state index contributed by atoms with van der Waals surface area (Å²) in [6.45, 7) is 2.33. The second kappa shape index (κ2) is 9.73. The molecule has 1 N–H and O–H groups in total. The van der Waals surface area contributed by atoms with E-state index in [-0.39, 0.29) is 17.9 Å². The van der Waals surface area contributed by atoms with Gasteiger partial charge in [0.1, 0.15) is 5.69 Å². The molecule has 7 nitrogen and oxygen atoms in total. The molecule has 0 aliphatic carbocycles. The van der Waals surface area contributed by atoms with Gasteiger partial charge in [-0.05, 0) is 55.7 Å². The van der Waals surface area contributed by atoms with Crippen LogP contribution in [0.15, 0.2) is 71.4 Å². The number of carbonyl (C=O) groups excluding carboxylic acids is 2. The Balaban J connectivity index is 1.49. The first kappa shape index (κ1) is 22.3. The lowest BCUT2D eigenvalue weighted by Crippen LogP contribution is -2.41. The summed E-state index contributed by atoms with van der Waals surface area (Å²) in [5, 5.41) is 7.86. The molecule has 0 aliphatic heterocycles. The van der Waals surface area contributed by atoms with Gasteiger partial charge in [-0.1, -0.05) is 35.5 Å². The molecule has 0 bridgehead atoms. The van der Waals surface area contributed by atoms with Crippen molar-refractivity contribution in [2.75, 3.05) is 13.6 Å². The maximum Gasteiger partial charge on any atom is 0.267 e. The highest BCUT2D eigenvalue weighted by atomic mass is 16.5. The Morgan fingerprint density at radius 3 is 2.64 bits per heavy atom. The van der Waals surface area contributed by atoms with E-state index in [1.807, 2.05) is 63.6 Å². The minimum absolute atomic E-state index is 0.0965. The zero-order chi connectivity index (χ0) is 23.4. The highest BCUT2D eigenvalue weighted by Gasteiger charge is 2.23. The molecule has 0 fully saturated rings. The third-order valence-corrected chi connectivity index (χ3v) is 6.02. The van der Waals surface area contributed by atoms with Crippen LogP contribution < -0.4 is 5.32 Å². The molecule has 33 heavy (non-hydrogen) atoms. The molecule has 7 heteroatoms. The number of carbonyl (C=O) groups is 2. The van der Waals surface area contributed by atoms with Gasteiger partial charge in [-0.2, -0.15) is 0 Å². The summed E-state index contributed by atoms with van der Waals surface area (Å²) in [6.07, 6.45) is 3.15. The van der Waals surface area contributed by atoms with Crippen molar-refractivity contribution in [1.82, 2.24) is 19.9 Å². The normalized spacial score (nSPS) is 12.0. The number of likely N-dealkylation sites (N-methyl/N-ethyl adjacent to an activating group) is 1. The summed E-state index contributed by atoms with van der Waals surface area (Å²) >= 11 is 0. The molecule has 0 radical (unpaired) electrons. The average Bonchev–Trinajstić information content (AvgIpc) is 3.43. The Bertz CT molecular complexity index is 1260. The van der Waals surface area contributed by atoms with Crippen molar-refractivity contribution < 1.29 is 14.1 Å². The first-order chi connectivity index (χ1) is 15.9. The summed E-state index contributed by atoms with van der Waals surface area (Å²) < 4.78 is 7.13. The van der Waals surface area contributed by atoms with Gasteiger partial charge in [0.2, 0.25) is 0 Å². The first-order valence-corrected chi connectivity index (χ1v) is 11.0. The van der Waals surface area contributed by atoms with Crippen molar-refractivity contribution in [3.8, 4) is 0 Å². The van der Waals surface area contributed by atoms with E-state index in [4.69, 9.17) is 4.52 Å². The number of aryl methyl sites for hydroxylation is 2. The predicted octanol–water partition coefficient (Wildman–Crippen LogP) is 3.98. The van der Waals surface area contributed by atoms with Crippen molar-refractivity contribution >= 4 is 22.8 Å². The van der Waals surface area contributed by atoms with E-state index in [0.29, 0.717) is 36.2 Å². The smallest absolute Gasteiger partial charge is 0.267 e. The van der Waals surface area contributed by atoms with Gasteiger partial charge in [-0.15, -0.1) is 0 Å². The Kier molecular flexibility index (Phi) is 6.58. The third kappa shape index (κ3) is 4.98. The molecule has 170 valence electrons. The number of nitrogens with one attached hydrogen (secondary N) is 1. The highest BCUT2D eigenvalue weighted by molar-refractivity contribution is 5.98. The van der Waals surface area contributed by atoms with Crippen LogP contribution in [0.5, 0.6) is 0 Å². The minimum atomic E-state index is -0.124. The van der Waals surface area contributed by atoms with E-state index in [2.05, 4.69) is 22.6 Å². The molecule has 0 spiro atoms. The Morgan fingerprint density at radius 1 is 1.12 bits per heavy atom. The van der Waals surface area contributed by atoms with Crippen LogP contribution in [-0.2, 0) is 13.5 Å². The van der Waals surface area contributed by atoms with E-state index in [0.717, 1.165) is 16.6 Å². The van der Waals surface area contributed by atoms with Crippen LogP contribution in [0.4, 0.5) is 0 Å². The summed E-state index contributed by atoms with van der Waals surface area (Å²) in [6, 6.07) is 19.0. The highest BCUT2D eigenvalue weighted by Crippen LogP contribution is 2.21. The number of fused-ring (bicyclic) bond motifs is 1. The van der Waals surface area contributed by atoms with Gasteiger partial charge in [0, 0.05) is 43.8 Å². The van der Waals surface area contributed by atoms with Crippen LogP contribution in [0.25, 0.3) is 11.0 Å². The lowest BCUT2D eigenvalue weighted by Gasteiger charge is -2.29. The molecule has 0 aliphatic rings. The van der Waals surface area contributed by atoms with Crippen LogP contribution >= 0.6 is 0 Å². The Labute approximate surface area is 193 Å². The van der Waals surface area contributed by atoms with E-state index in [9.17, 15) is 9.59 Å². The van der Waals surface area contributed by atoms with Gasteiger partial charge in [0.05, 0.1) is 5.69 Å². The van der Waals surface area contributed by atoms with Gasteiger partial charge >= 0.3 is 0 Å². The van der Waals surface area contributed by atoms with Gasteiger partial charge < -0.3 is 19.3 Å². The van der Waals surface area contributed by atoms with Gasteiger partial charge in [-0.3, -0.25) is 9.59 Å². The monoisotopic (exact) mass is 444 g/mol. The molecule has 4 aromatic rings. The molecule has 0 saturated carbocycles. The molecule has 1 atom stereocenters. The van der Waals surface area contributed by atoms with E-state index < -0.39 is 0 Å². The largest absolute Gasteiger partial charge is 0.356 e. The molecule has 0 unspecified atom stereocenters. The number of benzene rings is 2. The average molecular weight is 445 g/mol. The van der Waals surface area contributed by atoms with Crippen molar-refractivity contribution in [3.05, 3.63) is 89.4 Å². The quantitative estimate of drug-likeness (QED) is 0.446. The van der Waals surface area contributed by atoms with Crippen molar-refractivity contribution in [2.24, 2.45) is 7.05 Å². The summed E-state index contributed by atoms with van der Waals surface area (Å²) in [7, 11) is 3.65. The number of aromatic nitrogens is 2. The van der Waals surface area contributed by atoms with E-state index in [1.165, 1.54) is 0 Å². The van der Waals surface area contributed by atoms with Crippen molar-refractivity contribution in [3.63, 3.8) is 0 Å². The molecule has 2 amide bonds. The predicted molar refractivity (Wildman–Crippen MR) is 127 cm³/mol. The number of rotatable bonds is 8. The second-order valence-electron chi connectivity index (χ2n) is 8.29. The molecule has 2 aromatic heterocycles. The topological polar surface area (TPSA) is 80.4 Å². The van der Waals surface area contributed by atoms with Crippen molar-refractivity contribution in [1.29, 1.82) is 0 Å². The molecule has 0 saturated heterocycles. The number of nitrogens with zero attached hydrogens (tertiary/aromatic N) is 3. The van der Waals surface area contributed by atoms with Crippen molar-refractivity contribution in [2.45, 2.75) is 25.8 Å². The Morgan fingerprint density at radius 2 is 1.91 bits per heavy atom. The molecule has 2 aromatic carbocycles. The second-order valence-corrected chi connectivity index (χ2v) is 8.29. The zero-order valence-electron chi connectivity index (χ0n) is 19.1. The summed E-state index contributed by atoms with van der Waals surface area (Å²) in [5.74, 6) is -0.221. The van der Waals surface area contributed by atoms with E-state index in [1.54, 1.807) is 21.6 Å².